The van der Waals surface area contributed by atoms with E-state index in [1.807, 2.05) is 19.1 Å². The van der Waals surface area contributed by atoms with E-state index in [0.29, 0.717) is 12.6 Å². The van der Waals surface area contributed by atoms with E-state index in [4.69, 9.17) is 4.74 Å². The minimum atomic E-state index is 0.320. The normalized spacial score (nSPS) is 12.1. The Morgan fingerprint density at radius 3 is 2.29 bits per heavy atom. The van der Waals surface area contributed by atoms with Crippen LogP contribution in [0.15, 0.2) is 53.4 Å². The zero-order valence-electron chi connectivity index (χ0n) is 12.9. The minimum absolute atomic E-state index is 0.320. The molecule has 1 N–H and O–H groups in total. The SMILES string of the molecule is CCOc1ccc(C(C)NCc2ccc(SC)cc2)cc1. The lowest BCUT2D eigenvalue weighted by atomic mass is 10.1. The Morgan fingerprint density at radius 1 is 1.05 bits per heavy atom. The van der Waals surface area contributed by atoms with Crippen molar-refractivity contribution in [2.45, 2.75) is 31.3 Å². The Balaban J connectivity index is 1.89. The summed E-state index contributed by atoms with van der Waals surface area (Å²) in [6.45, 7) is 5.77. The second kappa shape index (κ2) is 8.11. The van der Waals surface area contributed by atoms with Crippen molar-refractivity contribution >= 4 is 11.8 Å². The van der Waals surface area contributed by atoms with Gasteiger partial charge in [0.05, 0.1) is 6.61 Å². The molecule has 112 valence electrons. The highest BCUT2D eigenvalue weighted by atomic mass is 32.2. The number of thioether (sulfide) groups is 1. The van der Waals surface area contributed by atoms with E-state index in [1.54, 1.807) is 11.8 Å². The van der Waals surface area contributed by atoms with Crippen molar-refractivity contribution in [3.8, 4) is 5.75 Å². The van der Waals surface area contributed by atoms with E-state index in [1.165, 1.54) is 16.0 Å². The van der Waals surface area contributed by atoms with Crippen molar-refractivity contribution < 1.29 is 4.74 Å². The first kappa shape index (κ1) is 15.9. The molecule has 0 aromatic heterocycles. The summed E-state index contributed by atoms with van der Waals surface area (Å²) in [6, 6.07) is 17.3. The molecule has 0 heterocycles. The molecule has 1 unspecified atom stereocenters. The van der Waals surface area contributed by atoms with Crippen LogP contribution in [0.2, 0.25) is 0 Å². The van der Waals surface area contributed by atoms with Gasteiger partial charge in [-0.25, -0.2) is 0 Å². The Hall–Kier alpha value is -1.45. The van der Waals surface area contributed by atoms with Gasteiger partial charge < -0.3 is 10.1 Å². The molecule has 2 nitrogen and oxygen atoms in total. The van der Waals surface area contributed by atoms with Gasteiger partial charge in [0.15, 0.2) is 0 Å². The number of ether oxygens (including phenoxy) is 1. The smallest absolute Gasteiger partial charge is 0.119 e. The van der Waals surface area contributed by atoms with Crippen LogP contribution in [0, 0.1) is 0 Å². The quantitative estimate of drug-likeness (QED) is 0.752. The van der Waals surface area contributed by atoms with Crippen LogP contribution in [0.1, 0.15) is 31.0 Å². The van der Waals surface area contributed by atoms with Crippen LogP contribution in [0.5, 0.6) is 5.75 Å². The van der Waals surface area contributed by atoms with Crippen LogP contribution >= 0.6 is 11.8 Å². The first-order valence-electron chi connectivity index (χ1n) is 7.32. The van der Waals surface area contributed by atoms with E-state index < -0.39 is 0 Å². The molecule has 0 aliphatic carbocycles. The minimum Gasteiger partial charge on any atom is -0.494 e. The summed E-state index contributed by atoms with van der Waals surface area (Å²) in [6.07, 6.45) is 2.10. The molecule has 0 spiro atoms. The van der Waals surface area contributed by atoms with E-state index in [0.717, 1.165) is 12.3 Å². The van der Waals surface area contributed by atoms with Crippen LogP contribution < -0.4 is 10.1 Å². The Morgan fingerprint density at radius 2 is 1.71 bits per heavy atom. The molecule has 3 heteroatoms. The fraction of sp³-hybridized carbons (Fsp3) is 0.333. The first-order chi connectivity index (χ1) is 10.2. The van der Waals surface area contributed by atoms with E-state index in [2.05, 4.69) is 54.9 Å². The fourth-order valence-electron chi connectivity index (χ4n) is 2.15. The van der Waals surface area contributed by atoms with Crippen LogP contribution in [0.25, 0.3) is 0 Å². The molecule has 0 saturated carbocycles. The highest BCUT2D eigenvalue weighted by Gasteiger charge is 2.05. The fourth-order valence-corrected chi connectivity index (χ4v) is 2.56. The van der Waals surface area contributed by atoms with Crippen LogP contribution in [0.4, 0.5) is 0 Å². The molecule has 0 saturated heterocycles. The molecular formula is C18H23NOS. The van der Waals surface area contributed by atoms with E-state index >= 15 is 0 Å². The summed E-state index contributed by atoms with van der Waals surface area (Å²) < 4.78 is 5.47. The average Bonchev–Trinajstić information content (AvgIpc) is 2.54. The summed E-state index contributed by atoms with van der Waals surface area (Å²) in [5, 5.41) is 3.56. The van der Waals surface area contributed by atoms with Gasteiger partial charge >= 0.3 is 0 Å². The third kappa shape index (κ3) is 4.80. The predicted molar refractivity (Wildman–Crippen MR) is 91.1 cm³/mol. The second-order valence-corrected chi connectivity index (χ2v) is 5.83. The van der Waals surface area contributed by atoms with Gasteiger partial charge in [0, 0.05) is 17.5 Å². The molecule has 0 radical (unpaired) electrons. The van der Waals surface area contributed by atoms with Crippen molar-refractivity contribution in [2.75, 3.05) is 12.9 Å². The largest absolute Gasteiger partial charge is 0.494 e. The van der Waals surface area contributed by atoms with Crippen molar-refractivity contribution in [2.24, 2.45) is 0 Å². The van der Waals surface area contributed by atoms with E-state index in [9.17, 15) is 0 Å². The van der Waals surface area contributed by atoms with Gasteiger partial charge in [0.2, 0.25) is 0 Å². The van der Waals surface area contributed by atoms with Gasteiger partial charge in [0.25, 0.3) is 0 Å². The summed E-state index contributed by atoms with van der Waals surface area (Å²) in [7, 11) is 0. The summed E-state index contributed by atoms with van der Waals surface area (Å²) in [5.41, 5.74) is 2.59. The van der Waals surface area contributed by atoms with Gasteiger partial charge in [-0.1, -0.05) is 24.3 Å². The average molecular weight is 301 g/mol. The lowest BCUT2D eigenvalue weighted by Gasteiger charge is -2.15. The number of hydrogen-bond acceptors (Lipinski definition) is 3. The molecular weight excluding hydrogens is 278 g/mol. The molecule has 1 atom stereocenters. The maximum atomic E-state index is 5.47. The Bertz CT molecular complexity index is 536. The maximum Gasteiger partial charge on any atom is 0.119 e. The van der Waals surface area contributed by atoms with Crippen molar-refractivity contribution in [3.63, 3.8) is 0 Å². The zero-order chi connectivity index (χ0) is 15.1. The second-order valence-electron chi connectivity index (χ2n) is 4.95. The van der Waals surface area contributed by atoms with Crippen molar-refractivity contribution in [1.29, 1.82) is 0 Å². The molecule has 2 rings (SSSR count). The van der Waals surface area contributed by atoms with Gasteiger partial charge in [-0.15, -0.1) is 11.8 Å². The molecule has 0 aliphatic heterocycles. The third-order valence-electron chi connectivity index (χ3n) is 3.46. The third-order valence-corrected chi connectivity index (χ3v) is 4.21. The molecule has 0 amide bonds. The molecule has 0 fully saturated rings. The van der Waals surface area contributed by atoms with Gasteiger partial charge in [-0.3, -0.25) is 0 Å². The highest BCUT2D eigenvalue weighted by molar-refractivity contribution is 7.98. The standard InChI is InChI=1S/C18H23NOS/c1-4-20-17-9-7-16(8-10-17)14(2)19-13-15-5-11-18(21-3)12-6-15/h5-12,14,19H,4,13H2,1-3H3. The zero-order valence-corrected chi connectivity index (χ0v) is 13.7. The first-order valence-corrected chi connectivity index (χ1v) is 8.54. The molecule has 0 bridgehead atoms. The van der Waals surface area contributed by atoms with Crippen LogP contribution in [0.3, 0.4) is 0 Å². The number of rotatable bonds is 7. The van der Waals surface area contributed by atoms with Gasteiger partial charge in [-0.2, -0.15) is 0 Å². The van der Waals surface area contributed by atoms with Crippen LogP contribution in [-0.2, 0) is 6.54 Å². The van der Waals surface area contributed by atoms with E-state index in [-0.39, 0.29) is 0 Å². The lowest BCUT2D eigenvalue weighted by Crippen LogP contribution is -2.17. The topological polar surface area (TPSA) is 21.3 Å². The summed E-state index contributed by atoms with van der Waals surface area (Å²) in [4.78, 5) is 1.30. The van der Waals surface area contributed by atoms with Gasteiger partial charge in [-0.05, 0) is 55.5 Å². The molecule has 2 aromatic rings. The van der Waals surface area contributed by atoms with Crippen molar-refractivity contribution in [3.05, 3.63) is 59.7 Å². The number of benzene rings is 2. The lowest BCUT2D eigenvalue weighted by molar-refractivity contribution is 0.340. The molecule has 0 aliphatic rings. The number of nitrogens with one attached hydrogen (secondary N) is 1. The van der Waals surface area contributed by atoms with Gasteiger partial charge in [0.1, 0.15) is 5.75 Å². The molecule has 2 aromatic carbocycles. The highest BCUT2D eigenvalue weighted by Crippen LogP contribution is 2.19. The van der Waals surface area contributed by atoms with Crippen molar-refractivity contribution in [1.82, 2.24) is 5.32 Å². The monoisotopic (exact) mass is 301 g/mol. The predicted octanol–water partition coefficient (Wildman–Crippen LogP) is 4.66. The Labute approximate surface area is 131 Å². The summed E-state index contributed by atoms with van der Waals surface area (Å²) in [5.74, 6) is 0.932. The number of hydrogen-bond donors (Lipinski definition) is 1. The summed E-state index contributed by atoms with van der Waals surface area (Å²) >= 11 is 1.77. The maximum absolute atomic E-state index is 5.47. The van der Waals surface area contributed by atoms with Crippen LogP contribution in [-0.4, -0.2) is 12.9 Å². The Kier molecular flexibility index (Phi) is 6.15. The molecule has 21 heavy (non-hydrogen) atoms.